The molecule has 5 nitrogen and oxygen atoms in total. The molecule has 2 aliphatic carbocycles. The van der Waals surface area contributed by atoms with E-state index in [-0.39, 0.29) is 17.7 Å². The van der Waals surface area contributed by atoms with Gasteiger partial charge in [0.2, 0.25) is 5.91 Å². The lowest BCUT2D eigenvalue weighted by Gasteiger charge is -2.23. The molecule has 2 rings (SSSR count). The second-order valence-electron chi connectivity index (χ2n) is 4.83. The number of carboxylic acids is 1. The van der Waals surface area contributed by atoms with Gasteiger partial charge in [0.05, 0.1) is 18.4 Å². The Kier molecular flexibility index (Phi) is 4.01. The molecule has 1 saturated carbocycles. The number of carboxylic acid groups (broad SMARTS) is 1. The zero-order valence-electron chi connectivity index (χ0n) is 10.5. The molecule has 0 aromatic rings. The Hall–Kier alpha value is -1.36. The van der Waals surface area contributed by atoms with Crippen molar-refractivity contribution in [2.24, 2.45) is 23.7 Å². The summed E-state index contributed by atoms with van der Waals surface area (Å²) < 4.78 is 5.14. The van der Waals surface area contributed by atoms with E-state index in [0.29, 0.717) is 19.8 Å². The van der Waals surface area contributed by atoms with Gasteiger partial charge >= 0.3 is 5.97 Å². The summed E-state index contributed by atoms with van der Waals surface area (Å²) in [4.78, 5) is 23.3. The van der Waals surface area contributed by atoms with Crippen LogP contribution in [0.4, 0.5) is 0 Å². The fourth-order valence-electron chi connectivity index (χ4n) is 3.02. The Balaban J connectivity index is 1.92. The van der Waals surface area contributed by atoms with Crippen LogP contribution in [0.2, 0.25) is 0 Å². The first-order chi connectivity index (χ1) is 8.65. The molecule has 1 amide bonds. The van der Waals surface area contributed by atoms with Crippen LogP contribution >= 0.6 is 0 Å². The average molecular weight is 253 g/mol. The van der Waals surface area contributed by atoms with Crippen molar-refractivity contribution in [1.29, 1.82) is 0 Å². The van der Waals surface area contributed by atoms with Gasteiger partial charge in [-0.25, -0.2) is 0 Å². The smallest absolute Gasteiger partial charge is 0.307 e. The molecule has 0 aliphatic heterocycles. The highest BCUT2D eigenvalue weighted by atomic mass is 16.5. The zero-order valence-corrected chi connectivity index (χ0v) is 10.5. The minimum atomic E-state index is -0.864. The van der Waals surface area contributed by atoms with Gasteiger partial charge in [0, 0.05) is 13.2 Å². The van der Waals surface area contributed by atoms with Gasteiger partial charge in [-0.1, -0.05) is 12.2 Å². The first-order valence-electron chi connectivity index (χ1n) is 6.41. The van der Waals surface area contributed by atoms with Crippen molar-refractivity contribution < 1.29 is 19.4 Å². The van der Waals surface area contributed by atoms with Crippen LogP contribution in [0, 0.1) is 23.7 Å². The summed E-state index contributed by atoms with van der Waals surface area (Å²) >= 11 is 0. The molecule has 4 unspecified atom stereocenters. The summed E-state index contributed by atoms with van der Waals surface area (Å²) in [6.07, 6.45) is 4.71. The van der Waals surface area contributed by atoms with Crippen LogP contribution in [0.3, 0.4) is 0 Å². The molecule has 0 radical (unpaired) electrons. The van der Waals surface area contributed by atoms with Crippen LogP contribution in [0.5, 0.6) is 0 Å². The number of aliphatic carboxylic acids is 1. The van der Waals surface area contributed by atoms with Crippen LogP contribution in [0.25, 0.3) is 0 Å². The Bertz CT molecular complexity index is 366. The van der Waals surface area contributed by atoms with Crippen LogP contribution in [0.1, 0.15) is 13.3 Å². The topological polar surface area (TPSA) is 75.6 Å². The molecule has 1 fully saturated rings. The SMILES string of the molecule is CCOCCNC(=O)C1C2C=CC(C2)C1C(=O)O. The molecule has 0 heterocycles. The van der Waals surface area contributed by atoms with E-state index in [4.69, 9.17) is 4.74 Å². The van der Waals surface area contributed by atoms with Gasteiger partial charge in [-0.3, -0.25) is 9.59 Å². The van der Waals surface area contributed by atoms with E-state index in [1.807, 2.05) is 19.1 Å². The highest BCUT2D eigenvalue weighted by molar-refractivity contribution is 5.86. The van der Waals surface area contributed by atoms with Crippen LogP contribution in [-0.2, 0) is 14.3 Å². The Morgan fingerprint density at radius 3 is 2.61 bits per heavy atom. The number of rotatable bonds is 6. The lowest BCUT2D eigenvalue weighted by Crippen LogP contribution is -2.41. The third kappa shape index (κ3) is 2.41. The van der Waals surface area contributed by atoms with Gasteiger partial charge in [-0.05, 0) is 25.2 Å². The van der Waals surface area contributed by atoms with Crippen LogP contribution in [0.15, 0.2) is 12.2 Å². The summed E-state index contributed by atoms with van der Waals surface area (Å²) in [5.74, 6) is -1.89. The van der Waals surface area contributed by atoms with E-state index < -0.39 is 17.8 Å². The molecule has 0 aromatic heterocycles. The summed E-state index contributed by atoms with van der Waals surface area (Å²) in [6.45, 7) is 3.42. The largest absolute Gasteiger partial charge is 0.481 e. The standard InChI is InChI=1S/C13H19NO4/c1-2-18-6-5-14-12(15)10-8-3-4-9(7-8)11(10)13(16)17/h3-4,8-11H,2,5-7H2,1H3,(H,14,15)(H,16,17). The first kappa shape index (κ1) is 13.1. The molecular formula is C13H19NO4. The van der Waals surface area contributed by atoms with Crippen molar-refractivity contribution in [2.75, 3.05) is 19.8 Å². The van der Waals surface area contributed by atoms with Crippen molar-refractivity contribution in [3.05, 3.63) is 12.2 Å². The minimum Gasteiger partial charge on any atom is -0.481 e. The Morgan fingerprint density at radius 1 is 1.33 bits per heavy atom. The highest BCUT2D eigenvalue weighted by Gasteiger charge is 2.51. The normalized spacial score (nSPS) is 32.7. The number of ether oxygens (including phenoxy) is 1. The quantitative estimate of drug-likeness (QED) is 0.538. The van der Waals surface area contributed by atoms with E-state index in [1.54, 1.807) is 0 Å². The molecule has 0 aromatic carbocycles. The fraction of sp³-hybridized carbons (Fsp3) is 0.692. The van der Waals surface area contributed by atoms with Crippen molar-refractivity contribution in [3.63, 3.8) is 0 Å². The van der Waals surface area contributed by atoms with Crippen LogP contribution < -0.4 is 5.32 Å². The molecule has 2 bridgehead atoms. The average Bonchev–Trinajstić information content (AvgIpc) is 2.94. The number of hydrogen-bond donors (Lipinski definition) is 2. The van der Waals surface area contributed by atoms with Crippen molar-refractivity contribution in [2.45, 2.75) is 13.3 Å². The number of carbonyl (C=O) groups is 2. The molecule has 0 saturated heterocycles. The molecule has 4 atom stereocenters. The van der Waals surface area contributed by atoms with E-state index in [9.17, 15) is 14.7 Å². The Morgan fingerprint density at radius 2 is 2.00 bits per heavy atom. The second-order valence-corrected chi connectivity index (χ2v) is 4.83. The maximum absolute atomic E-state index is 12.0. The Labute approximate surface area is 106 Å². The number of amides is 1. The summed E-state index contributed by atoms with van der Waals surface area (Å²) in [5.41, 5.74) is 0. The van der Waals surface area contributed by atoms with Crippen molar-refractivity contribution in [3.8, 4) is 0 Å². The van der Waals surface area contributed by atoms with E-state index in [2.05, 4.69) is 5.32 Å². The summed E-state index contributed by atoms with van der Waals surface area (Å²) in [7, 11) is 0. The maximum atomic E-state index is 12.0. The van der Waals surface area contributed by atoms with Gasteiger partial charge in [0.1, 0.15) is 0 Å². The first-order valence-corrected chi connectivity index (χ1v) is 6.41. The molecule has 5 heteroatoms. The number of hydrogen-bond acceptors (Lipinski definition) is 3. The fourth-order valence-corrected chi connectivity index (χ4v) is 3.02. The zero-order chi connectivity index (χ0) is 13.1. The van der Waals surface area contributed by atoms with Crippen molar-refractivity contribution >= 4 is 11.9 Å². The van der Waals surface area contributed by atoms with E-state index in [0.717, 1.165) is 6.42 Å². The lowest BCUT2D eigenvalue weighted by atomic mass is 9.82. The third-order valence-corrected chi connectivity index (χ3v) is 3.80. The summed E-state index contributed by atoms with van der Waals surface area (Å²) in [6, 6.07) is 0. The third-order valence-electron chi connectivity index (χ3n) is 3.80. The van der Waals surface area contributed by atoms with Gasteiger partial charge in [-0.15, -0.1) is 0 Å². The monoisotopic (exact) mass is 253 g/mol. The van der Waals surface area contributed by atoms with E-state index in [1.165, 1.54) is 0 Å². The number of nitrogens with one attached hydrogen (secondary N) is 1. The van der Waals surface area contributed by atoms with Crippen LogP contribution in [-0.4, -0.2) is 36.7 Å². The van der Waals surface area contributed by atoms with Crippen molar-refractivity contribution in [1.82, 2.24) is 5.32 Å². The number of carbonyl (C=O) groups excluding carboxylic acids is 1. The molecule has 18 heavy (non-hydrogen) atoms. The number of allylic oxidation sites excluding steroid dienone is 2. The van der Waals surface area contributed by atoms with Gasteiger partial charge in [0.25, 0.3) is 0 Å². The molecule has 2 aliphatic rings. The van der Waals surface area contributed by atoms with Gasteiger partial charge < -0.3 is 15.2 Å². The van der Waals surface area contributed by atoms with E-state index >= 15 is 0 Å². The second kappa shape index (κ2) is 5.52. The highest BCUT2D eigenvalue weighted by Crippen LogP contribution is 2.48. The predicted molar refractivity (Wildman–Crippen MR) is 64.9 cm³/mol. The molecular weight excluding hydrogens is 234 g/mol. The van der Waals surface area contributed by atoms with Gasteiger partial charge in [0.15, 0.2) is 0 Å². The molecule has 2 N–H and O–H groups in total. The summed E-state index contributed by atoms with van der Waals surface area (Å²) in [5, 5.41) is 12.0. The number of fused-ring (bicyclic) bond motifs is 2. The maximum Gasteiger partial charge on any atom is 0.307 e. The molecule has 0 spiro atoms. The van der Waals surface area contributed by atoms with Gasteiger partial charge in [-0.2, -0.15) is 0 Å². The molecule has 100 valence electrons. The predicted octanol–water partition coefficient (Wildman–Crippen LogP) is 0.662. The minimum absolute atomic E-state index is 0.0233. The lowest BCUT2D eigenvalue weighted by molar-refractivity contribution is -0.147.